The Hall–Kier alpha value is -1.80. The molecule has 1 heterocycles. The van der Waals surface area contributed by atoms with Crippen LogP contribution in [0.3, 0.4) is 0 Å². The van der Waals surface area contributed by atoms with Gasteiger partial charge in [0.2, 0.25) is 0 Å². The van der Waals surface area contributed by atoms with E-state index in [4.69, 9.17) is 0 Å². The molecule has 1 aliphatic rings. The lowest BCUT2D eigenvalue weighted by molar-refractivity contribution is 0.490. The fourth-order valence-corrected chi connectivity index (χ4v) is 3.05. The Morgan fingerprint density at radius 3 is 2.62 bits per heavy atom. The maximum absolute atomic E-state index is 3.53. The first kappa shape index (κ1) is 14.2. The highest BCUT2D eigenvalue weighted by Crippen LogP contribution is 2.30. The van der Waals surface area contributed by atoms with E-state index in [2.05, 4.69) is 78.7 Å². The van der Waals surface area contributed by atoms with E-state index < -0.39 is 0 Å². The van der Waals surface area contributed by atoms with Crippen LogP contribution in [0.1, 0.15) is 36.9 Å². The quantitative estimate of drug-likeness (QED) is 0.915. The van der Waals surface area contributed by atoms with Gasteiger partial charge in [-0.3, -0.25) is 0 Å². The number of nitrogens with zero attached hydrogens (tertiary/aromatic N) is 1. The van der Waals surface area contributed by atoms with Crippen molar-refractivity contribution in [3.05, 3.63) is 65.7 Å². The van der Waals surface area contributed by atoms with Crippen LogP contribution in [-0.2, 0) is 0 Å². The molecule has 2 aromatic carbocycles. The third-order valence-corrected chi connectivity index (χ3v) is 4.30. The molecule has 0 aliphatic carbocycles. The van der Waals surface area contributed by atoms with Gasteiger partial charge in [0.25, 0.3) is 0 Å². The SMILES string of the molecule is CC(C)c1cccc(N2CCNCC2c2ccccc2)c1. The number of anilines is 1. The molecule has 2 aromatic rings. The Bertz CT molecular complexity index is 577. The molecule has 1 atom stereocenters. The molecule has 1 saturated heterocycles. The summed E-state index contributed by atoms with van der Waals surface area (Å²) in [5.41, 5.74) is 4.15. The molecule has 0 bridgehead atoms. The monoisotopic (exact) mass is 280 g/mol. The molecule has 0 saturated carbocycles. The van der Waals surface area contributed by atoms with E-state index in [1.165, 1.54) is 16.8 Å². The van der Waals surface area contributed by atoms with E-state index in [0.717, 1.165) is 19.6 Å². The topological polar surface area (TPSA) is 15.3 Å². The highest BCUT2D eigenvalue weighted by atomic mass is 15.2. The second kappa shape index (κ2) is 6.31. The molecular weight excluding hydrogens is 256 g/mol. The van der Waals surface area contributed by atoms with Gasteiger partial charge < -0.3 is 10.2 Å². The molecule has 1 aliphatic heterocycles. The van der Waals surface area contributed by atoms with Crippen molar-refractivity contribution in [3.63, 3.8) is 0 Å². The van der Waals surface area contributed by atoms with Gasteiger partial charge in [-0.05, 0) is 29.2 Å². The zero-order valence-electron chi connectivity index (χ0n) is 12.9. The summed E-state index contributed by atoms with van der Waals surface area (Å²) in [7, 11) is 0. The zero-order valence-corrected chi connectivity index (χ0v) is 12.9. The molecule has 3 rings (SSSR count). The highest BCUT2D eigenvalue weighted by Gasteiger charge is 2.24. The van der Waals surface area contributed by atoms with Gasteiger partial charge in [-0.2, -0.15) is 0 Å². The Kier molecular flexibility index (Phi) is 4.26. The smallest absolute Gasteiger partial charge is 0.0667 e. The summed E-state index contributed by atoms with van der Waals surface area (Å²) in [6, 6.07) is 20.3. The second-order valence-corrected chi connectivity index (χ2v) is 6.07. The van der Waals surface area contributed by atoms with Gasteiger partial charge >= 0.3 is 0 Å². The van der Waals surface area contributed by atoms with Crippen LogP contribution in [0, 0.1) is 0 Å². The van der Waals surface area contributed by atoms with Crippen LogP contribution in [0.5, 0.6) is 0 Å². The van der Waals surface area contributed by atoms with Crippen molar-refractivity contribution in [1.82, 2.24) is 5.32 Å². The summed E-state index contributed by atoms with van der Waals surface area (Å²) in [6.45, 7) is 7.63. The van der Waals surface area contributed by atoms with Crippen LogP contribution in [0.25, 0.3) is 0 Å². The van der Waals surface area contributed by atoms with Gasteiger partial charge in [0, 0.05) is 25.3 Å². The number of hydrogen-bond donors (Lipinski definition) is 1. The van der Waals surface area contributed by atoms with Crippen molar-refractivity contribution >= 4 is 5.69 Å². The lowest BCUT2D eigenvalue weighted by Gasteiger charge is -2.38. The van der Waals surface area contributed by atoms with Gasteiger partial charge in [0.05, 0.1) is 6.04 Å². The number of hydrogen-bond acceptors (Lipinski definition) is 2. The van der Waals surface area contributed by atoms with Crippen molar-refractivity contribution < 1.29 is 0 Å². The van der Waals surface area contributed by atoms with Gasteiger partial charge in [-0.15, -0.1) is 0 Å². The van der Waals surface area contributed by atoms with E-state index in [1.54, 1.807) is 0 Å². The summed E-state index contributed by atoms with van der Waals surface area (Å²) < 4.78 is 0. The molecule has 21 heavy (non-hydrogen) atoms. The molecular formula is C19H24N2. The van der Waals surface area contributed by atoms with Crippen LogP contribution >= 0.6 is 0 Å². The maximum atomic E-state index is 3.53. The van der Waals surface area contributed by atoms with E-state index in [1.807, 2.05) is 0 Å². The first-order valence-corrected chi connectivity index (χ1v) is 7.88. The summed E-state index contributed by atoms with van der Waals surface area (Å²) in [4.78, 5) is 2.54. The van der Waals surface area contributed by atoms with E-state index >= 15 is 0 Å². The molecule has 0 radical (unpaired) electrons. The molecule has 0 aromatic heterocycles. The van der Waals surface area contributed by atoms with Gasteiger partial charge in [-0.1, -0.05) is 56.3 Å². The average molecular weight is 280 g/mol. The van der Waals surface area contributed by atoms with E-state index in [0.29, 0.717) is 12.0 Å². The number of nitrogens with one attached hydrogen (secondary N) is 1. The highest BCUT2D eigenvalue weighted by molar-refractivity contribution is 5.52. The van der Waals surface area contributed by atoms with Crippen LogP contribution in [0.15, 0.2) is 54.6 Å². The Morgan fingerprint density at radius 1 is 1.05 bits per heavy atom. The largest absolute Gasteiger partial charge is 0.362 e. The van der Waals surface area contributed by atoms with Crippen LogP contribution < -0.4 is 10.2 Å². The summed E-state index contributed by atoms with van der Waals surface area (Å²) in [5, 5.41) is 3.53. The Morgan fingerprint density at radius 2 is 1.86 bits per heavy atom. The number of rotatable bonds is 3. The second-order valence-electron chi connectivity index (χ2n) is 6.07. The van der Waals surface area contributed by atoms with Crippen molar-refractivity contribution in [2.24, 2.45) is 0 Å². The lowest BCUT2D eigenvalue weighted by atomic mass is 9.99. The lowest BCUT2D eigenvalue weighted by Crippen LogP contribution is -2.46. The van der Waals surface area contributed by atoms with E-state index in [-0.39, 0.29) is 0 Å². The standard InChI is InChI=1S/C19H24N2/c1-15(2)17-9-6-10-18(13-17)21-12-11-20-14-19(21)16-7-4-3-5-8-16/h3-10,13,15,19-20H,11-12,14H2,1-2H3. The molecule has 1 unspecified atom stereocenters. The van der Waals surface area contributed by atoms with Gasteiger partial charge in [0.1, 0.15) is 0 Å². The number of piperazine rings is 1. The molecule has 0 amide bonds. The molecule has 110 valence electrons. The molecule has 1 N–H and O–H groups in total. The minimum absolute atomic E-state index is 0.419. The molecule has 1 fully saturated rings. The summed E-state index contributed by atoms with van der Waals surface area (Å²) >= 11 is 0. The zero-order chi connectivity index (χ0) is 14.7. The Labute approximate surface area is 127 Å². The van der Waals surface area contributed by atoms with Crippen molar-refractivity contribution in [1.29, 1.82) is 0 Å². The summed E-state index contributed by atoms with van der Waals surface area (Å²) in [6.07, 6.45) is 0. The van der Waals surface area contributed by atoms with Crippen LogP contribution in [0.4, 0.5) is 5.69 Å². The number of benzene rings is 2. The van der Waals surface area contributed by atoms with Crippen molar-refractivity contribution in [2.45, 2.75) is 25.8 Å². The average Bonchev–Trinajstić information content (AvgIpc) is 2.56. The van der Waals surface area contributed by atoms with Crippen molar-refractivity contribution in [2.75, 3.05) is 24.5 Å². The van der Waals surface area contributed by atoms with Crippen molar-refractivity contribution in [3.8, 4) is 0 Å². The van der Waals surface area contributed by atoms with E-state index in [9.17, 15) is 0 Å². The first-order valence-electron chi connectivity index (χ1n) is 7.88. The molecule has 0 spiro atoms. The predicted molar refractivity (Wildman–Crippen MR) is 89.9 cm³/mol. The fraction of sp³-hybridized carbons (Fsp3) is 0.368. The first-order chi connectivity index (χ1) is 10.3. The fourth-order valence-electron chi connectivity index (χ4n) is 3.05. The minimum Gasteiger partial charge on any atom is -0.362 e. The van der Waals surface area contributed by atoms with Gasteiger partial charge in [0.15, 0.2) is 0 Å². The van der Waals surface area contributed by atoms with Crippen LogP contribution in [0.2, 0.25) is 0 Å². The predicted octanol–water partition coefficient (Wildman–Crippen LogP) is 3.96. The maximum Gasteiger partial charge on any atom is 0.0667 e. The molecule has 2 nitrogen and oxygen atoms in total. The normalized spacial score (nSPS) is 19.0. The minimum atomic E-state index is 0.419. The van der Waals surface area contributed by atoms with Gasteiger partial charge in [-0.25, -0.2) is 0 Å². The third kappa shape index (κ3) is 3.11. The third-order valence-electron chi connectivity index (χ3n) is 4.30. The van der Waals surface area contributed by atoms with Crippen LogP contribution in [-0.4, -0.2) is 19.6 Å². The molecule has 2 heteroatoms. The Balaban J connectivity index is 1.93. The summed E-state index contributed by atoms with van der Waals surface area (Å²) in [5.74, 6) is 0.572.